The highest BCUT2D eigenvalue weighted by Crippen LogP contribution is 2.42. The number of carboxylic acid groups (broad SMARTS) is 1. The predicted molar refractivity (Wildman–Crippen MR) is 80.5 cm³/mol. The van der Waals surface area contributed by atoms with E-state index in [1.807, 2.05) is 12.1 Å². The molecule has 0 aliphatic heterocycles. The fourth-order valence-corrected chi connectivity index (χ4v) is 3.60. The number of rotatable bonds is 4. The molecule has 1 aromatic heterocycles. The van der Waals surface area contributed by atoms with Gasteiger partial charge in [0, 0.05) is 6.42 Å². The molecule has 1 heterocycles. The van der Waals surface area contributed by atoms with E-state index in [4.69, 9.17) is 16.0 Å². The summed E-state index contributed by atoms with van der Waals surface area (Å²) in [5.74, 6) is -0.146. The van der Waals surface area contributed by atoms with Crippen LogP contribution in [0.4, 0.5) is 0 Å². The summed E-state index contributed by atoms with van der Waals surface area (Å²) < 4.78 is 5.77. The first-order chi connectivity index (χ1) is 10.1. The van der Waals surface area contributed by atoms with Crippen LogP contribution in [0, 0.1) is 5.41 Å². The van der Waals surface area contributed by atoms with Gasteiger partial charge in [0.05, 0.1) is 11.4 Å². The van der Waals surface area contributed by atoms with Crippen molar-refractivity contribution in [2.75, 3.05) is 0 Å². The van der Waals surface area contributed by atoms with Crippen molar-refractivity contribution < 1.29 is 14.3 Å². The Hall–Kier alpha value is -1.55. The van der Waals surface area contributed by atoms with Gasteiger partial charge in [-0.1, -0.05) is 36.9 Å². The van der Waals surface area contributed by atoms with Crippen LogP contribution in [-0.4, -0.2) is 16.1 Å². The molecule has 0 unspecified atom stereocenters. The number of carbonyl (C=O) groups is 1. The maximum atomic E-state index is 11.2. The monoisotopic (exact) mass is 307 g/mol. The van der Waals surface area contributed by atoms with Gasteiger partial charge in [0.25, 0.3) is 0 Å². The molecule has 0 amide bonds. The van der Waals surface area contributed by atoms with Crippen LogP contribution in [0.5, 0.6) is 0 Å². The summed E-state index contributed by atoms with van der Waals surface area (Å²) in [5.41, 5.74) is 1.10. The fourth-order valence-electron chi connectivity index (χ4n) is 3.40. The zero-order valence-electron chi connectivity index (χ0n) is 11.8. The minimum atomic E-state index is -0.744. The van der Waals surface area contributed by atoms with Gasteiger partial charge in [-0.15, -0.1) is 0 Å². The van der Waals surface area contributed by atoms with Crippen molar-refractivity contribution in [1.82, 2.24) is 4.98 Å². The van der Waals surface area contributed by atoms with Gasteiger partial charge in [0.15, 0.2) is 11.5 Å². The Kier molecular flexibility index (Phi) is 3.89. The van der Waals surface area contributed by atoms with Gasteiger partial charge >= 0.3 is 5.97 Å². The fraction of sp³-hybridized carbons (Fsp3) is 0.500. The average molecular weight is 308 g/mol. The van der Waals surface area contributed by atoms with Gasteiger partial charge in [-0.25, -0.2) is 4.98 Å². The number of oxazole rings is 1. The molecule has 112 valence electrons. The Labute approximate surface area is 128 Å². The molecule has 0 atom stereocenters. The number of hydrogen-bond acceptors (Lipinski definition) is 3. The van der Waals surface area contributed by atoms with E-state index in [1.165, 1.54) is 6.42 Å². The maximum Gasteiger partial charge on any atom is 0.303 e. The van der Waals surface area contributed by atoms with Crippen molar-refractivity contribution in [3.05, 3.63) is 29.1 Å². The van der Waals surface area contributed by atoms with E-state index < -0.39 is 5.97 Å². The molecule has 1 aliphatic carbocycles. The largest absolute Gasteiger partial charge is 0.481 e. The topological polar surface area (TPSA) is 63.3 Å². The Morgan fingerprint density at radius 3 is 2.76 bits per heavy atom. The van der Waals surface area contributed by atoms with Crippen molar-refractivity contribution in [2.45, 2.75) is 44.9 Å². The Morgan fingerprint density at radius 1 is 1.33 bits per heavy atom. The van der Waals surface area contributed by atoms with Crippen LogP contribution in [0.1, 0.15) is 44.4 Å². The van der Waals surface area contributed by atoms with E-state index in [9.17, 15) is 9.90 Å². The lowest BCUT2D eigenvalue weighted by Gasteiger charge is -2.35. The number of aliphatic carboxylic acids is 1. The highest BCUT2D eigenvalue weighted by molar-refractivity contribution is 6.34. The summed E-state index contributed by atoms with van der Waals surface area (Å²) in [6.45, 7) is 0. The molecular weight excluding hydrogens is 290 g/mol. The van der Waals surface area contributed by atoms with Crippen molar-refractivity contribution in [3.63, 3.8) is 0 Å². The summed E-state index contributed by atoms with van der Waals surface area (Å²) in [4.78, 5) is 15.7. The molecule has 3 rings (SSSR count). The standard InChI is InChI=1S/C16H18ClNO3/c17-11-5-4-6-12-15(11)21-13(18-12)9-16(10-14(19)20)7-2-1-3-8-16/h4-6H,1-3,7-10H2,(H,19,20). The van der Waals surface area contributed by atoms with E-state index >= 15 is 0 Å². The first kappa shape index (κ1) is 14.4. The molecule has 5 heteroatoms. The number of fused-ring (bicyclic) bond motifs is 1. The zero-order valence-corrected chi connectivity index (χ0v) is 12.5. The lowest BCUT2D eigenvalue weighted by Crippen LogP contribution is -2.29. The molecule has 0 radical (unpaired) electrons. The number of hydrogen-bond donors (Lipinski definition) is 1. The van der Waals surface area contributed by atoms with Crippen LogP contribution in [0.2, 0.25) is 5.02 Å². The third-order valence-electron chi connectivity index (χ3n) is 4.38. The Balaban J connectivity index is 1.90. The Morgan fingerprint density at radius 2 is 2.10 bits per heavy atom. The van der Waals surface area contributed by atoms with Gasteiger partial charge in [-0.05, 0) is 30.4 Å². The number of halogens is 1. The SMILES string of the molecule is O=C(O)CC1(Cc2nc3cccc(Cl)c3o2)CCCCC1. The molecular formula is C16H18ClNO3. The number of nitrogens with zero attached hydrogens (tertiary/aromatic N) is 1. The second-order valence-electron chi connectivity index (χ2n) is 6.00. The van der Waals surface area contributed by atoms with Crippen LogP contribution in [0.25, 0.3) is 11.1 Å². The van der Waals surface area contributed by atoms with Gasteiger partial charge in [-0.3, -0.25) is 4.79 Å². The van der Waals surface area contributed by atoms with Gasteiger partial charge in [0.2, 0.25) is 0 Å². The summed E-state index contributed by atoms with van der Waals surface area (Å²) in [6, 6.07) is 5.47. The summed E-state index contributed by atoms with van der Waals surface area (Å²) in [7, 11) is 0. The minimum Gasteiger partial charge on any atom is -0.481 e. The molecule has 0 spiro atoms. The third kappa shape index (κ3) is 3.05. The predicted octanol–water partition coefficient (Wildman–Crippen LogP) is 4.45. The van der Waals surface area contributed by atoms with Gasteiger partial charge in [0.1, 0.15) is 5.52 Å². The van der Waals surface area contributed by atoms with Crippen molar-refractivity contribution in [2.24, 2.45) is 5.41 Å². The van der Waals surface area contributed by atoms with Crippen LogP contribution in [0.15, 0.2) is 22.6 Å². The van der Waals surface area contributed by atoms with E-state index in [0.717, 1.165) is 31.2 Å². The summed E-state index contributed by atoms with van der Waals surface area (Å²) in [6.07, 6.45) is 5.94. The molecule has 4 nitrogen and oxygen atoms in total. The van der Waals surface area contributed by atoms with Gasteiger partial charge in [-0.2, -0.15) is 0 Å². The summed E-state index contributed by atoms with van der Waals surface area (Å²) in [5, 5.41) is 9.76. The van der Waals surface area contributed by atoms with Crippen LogP contribution < -0.4 is 0 Å². The highest BCUT2D eigenvalue weighted by atomic mass is 35.5. The van der Waals surface area contributed by atoms with E-state index in [2.05, 4.69) is 4.98 Å². The van der Waals surface area contributed by atoms with E-state index in [1.54, 1.807) is 6.07 Å². The quantitative estimate of drug-likeness (QED) is 0.906. The molecule has 1 fully saturated rings. The van der Waals surface area contributed by atoms with Crippen molar-refractivity contribution in [3.8, 4) is 0 Å². The number of carboxylic acids is 1. The second-order valence-corrected chi connectivity index (χ2v) is 6.41. The number of para-hydroxylation sites is 1. The molecule has 0 bridgehead atoms. The Bertz CT molecular complexity index is 659. The minimum absolute atomic E-state index is 0.180. The molecule has 0 saturated heterocycles. The van der Waals surface area contributed by atoms with Crippen LogP contribution in [-0.2, 0) is 11.2 Å². The number of benzene rings is 1. The molecule has 1 N–H and O–H groups in total. The lowest BCUT2D eigenvalue weighted by atomic mass is 9.69. The molecule has 1 aliphatic rings. The summed E-state index contributed by atoms with van der Waals surface area (Å²) >= 11 is 6.10. The first-order valence-corrected chi connectivity index (χ1v) is 7.72. The number of aromatic nitrogens is 1. The molecule has 1 saturated carbocycles. The third-order valence-corrected chi connectivity index (χ3v) is 4.68. The first-order valence-electron chi connectivity index (χ1n) is 7.34. The molecule has 21 heavy (non-hydrogen) atoms. The van der Waals surface area contributed by atoms with E-state index in [0.29, 0.717) is 22.9 Å². The van der Waals surface area contributed by atoms with Crippen molar-refractivity contribution >= 4 is 28.7 Å². The molecule has 2 aromatic rings. The second kappa shape index (κ2) is 5.68. The smallest absolute Gasteiger partial charge is 0.303 e. The van der Waals surface area contributed by atoms with Gasteiger partial charge < -0.3 is 9.52 Å². The lowest BCUT2D eigenvalue weighted by molar-refractivity contribution is -0.140. The van der Waals surface area contributed by atoms with Crippen LogP contribution >= 0.6 is 11.6 Å². The highest BCUT2D eigenvalue weighted by Gasteiger charge is 2.36. The molecule has 1 aromatic carbocycles. The average Bonchev–Trinajstić information content (AvgIpc) is 2.82. The maximum absolute atomic E-state index is 11.2. The zero-order chi connectivity index (χ0) is 14.9. The normalized spacial score (nSPS) is 18.0. The van der Waals surface area contributed by atoms with Crippen LogP contribution in [0.3, 0.4) is 0 Å². The van der Waals surface area contributed by atoms with E-state index in [-0.39, 0.29) is 11.8 Å². The van der Waals surface area contributed by atoms with Crippen molar-refractivity contribution in [1.29, 1.82) is 0 Å².